The molecule has 1 aromatic carbocycles. The van der Waals surface area contributed by atoms with Gasteiger partial charge in [0, 0.05) is 39.7 Å². The molecule has 128 valence electrons. The second kappa shape index (κ2) is 9.40. The average Bonchev–Trinajstić information content (AvgIpc) is 3.04. The molecule has 23 heavy (non-hydrogen) atoms. The minimum Gasteiger partial charge on any atom is -0.497 e. The highest BCUT2D eigenvalue weighted by Crippen LogP contribution is 2.16. The zero-order chi connectivity index (χ0) is 16.5. The molecule has 0 spiro atoms. The fourth-order valence-corrected chi connectivity index (χ4v) is 3.01. The van der Waals surface area contributed by atoms with E-state index < -0.39 is 0 Å². The molecule has 1 atom stereocenters. The molecule has 1 aliphatic heterocycles. The smallest absolute Gasteiger partial charge is 0.193 e. The Balaban J connectivity index is 1.69. The number of hydrogen-bond donors (Lipinski definition) is 1. The highest BCUT2D eigenvalue weighted by Gasteiger charge is 2.24. The minimum atomic E-state index is 0.623. The molecule has 0 aromatic heterocycles. The second-order valence-corrected chi connectivity index (χ2v) is 5.98. The molecule has 1 N–H and O–H groups in total. The van der Waals surface area contributed by atoms with Gasteiger partial charge < -0.3 is 19.7 Å². The number of guanidine groups is 1. The van der Waals surface area contributed by atoms with Crippen LogP contribution >= 0.6 is 0 Å². The van der Waals surface area contributed by atoms with E-state index in [-0.39, 0.29) is 0 Å². The quantitative estimate of drug-likeness (QED) is 0.475. The summed E-state index contributed by atoms with van der Waals surface area (Å²) in [6.07, 6.45) is 3.32. The van der Waals surface area contributed by atoms with Crippen LogP contribution in [0.5, 0.6) is 5.75 Å². The van der Waals surface area contributed by atoms with Crippen LogP contribution in [0.1, 0.15) is 18.4 Å². The number of aryl methyl sites for hydroxylation is 1. The van der Waals surface area contributed by atoms with Crippen molar-refractivity contribution in [3.8, 4) is 5.75 Å². The molecule has 0 aliphatic carbocycles. The third kappa shape index (κ3) is 5.43. The highest BCUT2D eigenvalue weighted by atomic mass is 16.5. The Hall–Kier alpha value is -1.75. The molecule has 1 saturated heterocycles. The molecule has 5 nitrogen and oxygen atoms in total. The Morgan fingerprint density at radius 2 is 2.09 bits per heavy atom. The lowest BCUT2D eigenvalue weighted by atomic mass is 10.1. The number of likely N-dealkylation sites (tertiary alicyclic amines) is 1. The monoisotopic (exact) mass is 319 g/mol. The summed E-state index contributed by atoms with van der Waals surface area (Å²) in [4.78, 5) is 6.74. The molecule has 1 fully saturated rings. The Morgan fingerprint density at radius 1 is 1.30 bits per heavy atom. The predicted octanol–water partition coefficient (Wildman–Crippen LogP) is 2.17. The van der Waals surface area contributed by atoms with E-state index in [4.69, 9.17) is 9.47 Å². The molecule has 0 saturated carbocycles. The number of aliphatic imine (C=N–C) groups is 1. The van der Waals surface area contributed by atoms with Gasteiger partial charge in [0.1, 0.15) is 5.75 Å². The van der Waals surface area contributed by atoms with Gasteiger partial charge in [-0.05, 0) is 37.0 Å². The second-order valence-electron chi connectivity index (χ2n) is 5.98. The fourth-order valence-electron chi connectivity index (χ4n) is 3.01. The summed E-state index contributed by atoms with van der Waals surface area (Å²) in [5, 5.41) is 3.48. The summed E-state index contributed by atoms with van der Waals surface area (Å²) in [5.41, 5.74) is 1.34. The standard InChI is InChI=1S/C18H29N3O2/c1-19-18(21-12-10-16(13-21)14-22-2)20-11-4-5-15-6-8-17(23-3)9-7-15/h6-9,16H,4-5,10-14H2,1-3H3,(H,19,20). The van der Waals surface area contributed by atoms with Crippen LogP contribution in [0.25, 0.3) is 0 Å². The van der Waals surface area contributed by atoms with Crippen LogP contribution in [0.2, 0.25) is 0 Å². The summed E-state index contributed by atoms with van der Waals surface area (Å²) in [5.74, 6) is 2.54. The Kier molecular flexibility index (Phi) is 7.20. The van der Waals surface area contributed by atoms with E-state index in [1.807, 2.05) is 19.2 Å². The topological polar surface area (TPSA) is 46.1 Å². The van der Waals surface area contributed by atoms with E-state index in [0.717, 1.165) is 50.8 Å². The number of hydrogen-bond acceptors (Lipinski definition) is 3. The van der Waals surface area contributed by atoms with Gasteiger partial charge in [0.05, 0.1) is 13.7 Å². The van der Waals surface area contributed by atoms with Crippen LogP contribution in [-0.4, -0.2) is 58.4 Å². The van der Waals surface area contributed by atoms with Crippen molar-refractivity contribution < 1.29 is 9.47 Å². The Morgan fingerprint density at radius 3 is 2.74 bits per heavy atom. The molecule has 0 amide bonds. The van der Waals surface area contributed by atoms with E-state index in [1.165, 1.54) is 12.0 Å². The van der Waals surface area contributed by atoms with Gasteiger partial charge in [-0.25, -0.2) is 0 Å². The zero-order valence-corrected chi connectivity index (χ0v) is 14.5. The van der Waals surface area contributed by atoms with Crippen molar-refractivity contribution in [3.05, 3.63) is 29.8 Å². The lowest BCUT2D eigenvalue weighted by Crippen LogP contribution is -2.40. The summed E-state index contributed by atoms with van der Waals surface area (Å²) >= 11 is 0. The lowest BCUT2D eigenvalue weighted by Gasteiger charge is -2.21. The summed E-state index contributed by atoms with van der Waals surface area (Å²) in [7, 11) is 5.32. The number of nitrogens with one attached hydrogen (secondary N) is 1. The third-order valence-corrected chi connectivity index (χ3v) is 4.28. The van der Waals surface area contributed by atoms with Gasteiger partial charge in [-0.15, -0.1) is 0 Å². The predicted molar refractivity (Wildman–Crippen MR) is 94.2 cm³/mol. The van der Waals surface area contributed by atoms with Crippen LogP contribution in [0.3, 0.4) is 0 Å². The number of nitrogens with zero attached hydrogens (tertiary/aromatic N) is 2. The molecular formula is C18H29N3O2. The van der Waals surface area contributed by atoms with Crippen molar-refractivity contribution in [1.82, 2.24) is 10.2 Å². The van der Waals surface area contributed by atoms with Crippen molar-refractivity contribution in [2.75, 3.05) is 47.5 Å². The molecule has 0 bridgehead atoms. The van der Waals surface area contributed by atoms with Crippen LogP contribution in [0.15, 0.2) is 29.3 Å². The normalized spacial score (nSPS) is 18.3. The maximum Gasteiger partial charge on any atom is 0.193 e. The minimum absolute atomic E-state index is 0.623. The van der Waals surface area contributed by atoms with Gasteiger partial charge in [-0.3, -0.25) is 4.99 Å². The van der Waals surface area contributed by atoms with Gasteiger partial charge in [0.15, 0.2) is 5.96 Å². The third-order valence-electron chi connectivity index (χ3n) is 4.28. The zero-order valence-electron chi connectivity index (χ0n) is 14.5. The van der Waals surface area contributed by atoms with Gasteiger partial charge in [-0.2, -0.15) is 0 Å². The first-order valence-electron chi connectivity index (χ1n) is 8.34. The summed E-state index contributed by atoms with van der Waals surface area (Å²) in [6.45, 7) is 3.87. The van der Waals surface area contributed by atoms with E-state index in [2.05, 4.69) is 27.3 Å². The van der Waals surface area contributed by atoms with Crippen LogP contribution in [0.4, 0.5) is 0 Å². The van der Waals surface area contributed by atoms with E-state index in [1.54, 1.807) is 14.2 Å². The Labute approximate surface area is 139 Å². The molecule has 1 aliphatic rings. The van der Waals surface area contributed by atoms with Gasteiger partial charge in [-0.1, -0.05) is 12.1 Å². The van der Waals surface area contributed by atoms with Crippen LogP contribution in [-0.2, 0) is 11.2 Å². The molecular weight excluding hydrogens is 290 g/mol. The first-order chi connectivity index (χ1) is 11.3. The SMILES string of the molecule is CN=C(NCCCc1ccc(OC)cc1)N1CCC(COC)C1. The first-order valence-corrected chi connectivity index (χ1v) is 8.34. The van der Waals surface area contributed by atoms with Crippen molar-refractivity contribution >= 4 is 5.96 Å². The molecule has 1 unspecified atom stereocenters. The first kappa shape index (κ1) is 17.6. The number of benzene rings is 1. The number of ether oxygens (including phenoxy) is 2. The molecule has 5 heteroatoms. The van der Waals surface area contributed by atoms with Gasteiger partial charge in [0.2, 0.25) is 0 Å². The highest BCUT2D eigenvalue weighted by molar-refractivity contribution is 5.80. The number of methoxy groups -OCH3 is 2. The van der Waals surface area contributed by atoms with E-state index in [0.29, 0.717) is 5.92 Å². The molecule has 0 radical (unpaired) electrons. The van der Waals surface area contributed by atoms with Gasteiger partial charge in [0.25, 0.3) is 0 Å². The summed E-state index contributed by atoms with van der Waals surface area (Å²) in [6, 6.07) is 8.29. The van der Waals surface area contributed by atoms with Crippen LogP contribution < -0.4 is 10.1 Å². The fraction of sp³-hybridized carbons (Fsp3) is 0.611. The van der Waals surface area contributed by atoms with Crippen LogP contribution in [0, 0.1) is 5.92 Å². The maximum atomic E-state index is 5.26. The molecule has 1 aromatic rings. The molecule has 2 rings (SSSR count). The van der Waals surface area contributed by atoms with E-state index >= 15 is 0 Å². The lowest BCUT2D eigenvalue weighted by molar-refractivity contribution is 0.157. The summed E-state index contributed by atoms with van der Waals surface area (Å²) < 4.78 is 10.4. The Bertz CT molecular complexity index is 488. The van der Waals surface area contributed by atoms with Crippen molar-refractivity contribution in [1.29, 1.82) is 0 Å². The number of rotatable bonds is 7. The van der Waals surface area contributed by atoms with Crippen molar-refractivity contribution in [2.24, 2.45) is 10.9 Å². The molecule has 1 heterocycles. The maximum absolute atomic E-state index is 5.26. The van der Waals surface area contributed by atoms with Gasteiger partial charge >= 0.3 is 0 Å². The largest absolute Gasteiger partial charge is 0.497 e. The van der Waals surface area contributed by atoms with Crippen molar-refractivity contribution in [3.63, 3.8) is 0 Å². The van der Waals surface area contributed by atoms with E-state index in [9.17, 15) is 0 Å². The van der Waals surface area contributed by atoms with Crippen molar-refractivity contribution in [2.45, 2.75) is 19.3 Å². The average molecular weight is 319 g/mol.